The molecule has 2 aromatic heterocycles. The van der Waals surface area contributed by atoms with Crippen LogP contribution in [0.3, 0.4) is 0 Å². The predicted octanol–water partition coefficient (Wildman–Crippen LogP) is 4.27. The van der Waals surface area contributed by atoms with Gasteiger partial charge < -0.3 is 25.4 Å². The Kier molecular flexibility index (Phi) is 7.47. The Morgan fingerprint density at radius 2 is 1.63 bits per heavy atom. The van der Waals surface area contributed by atoms with Crippen molar-refractivity contribution in [1.29, 1.82) is 0 Å². The van der Waals surface area contributed by atoms with Crippen LogP contribution in [0.15, 0.2) is 30.5 Å². The van der Waals surface area contributed by atoms with Gasteiger partial charge in [-0.25, -0.2) is 4.98 Å². The molecule has 3 N–H and O–H groups in total. The van der Waals surface area contributed by atoms with Gasteiger partial charge in [0.2, 0.25) is 0 Å². The normalized spacial score (nSPS) is 19.0. The molecule has 6 rings (SSSR count). The largest absolute Gasteiger partial charge is 0.381 e. The van der Waals surface area contributed by atoms with E-state index in [9.17, 15) is 4.79 Å². The summed E-state index contributed by atoms with van der Waals surface area (Å²) in [7, 11) is 0. The van der Waals surface area contributed by atoms with Crippen LogP contribution in [0.2, 0.25) is 0 Å². The van der Waals surface area contributed by atoms with Crippen molar-refractivity contribution in [3.05, 3.63) is 41.6 Å². The molecule has 1 aromatic carbocycles. The van der Waals surface area contributed by atoms with E-state index in [4.69, 9.17) is 19.6 Å². The molecular formula is C29H38N6O3. The van der Waals surface area contributed by atoms with Gasteiger partial charge in [0.1, 0.15) is 11.6 Å². The van der Waals surface area contributed by atoms with Gasteiger partial charge in [0.05, 0.1) is 6.20 Å². The number of nitrogens with zero attached hydrogens (tertiary/aromatic N) is 3. The Labute approximate surface area is 223 Å². The average molecular weight is 519 g/mol. The number of ether oxygens (including phenoxy) is 2. The summed E-state index contributed by atoms with van der Waals surface area (Å²) in [4.78, 5) is 17.7. The fourth-order valence-electron chi connectivity index (χ4n) is 5.36. The van der Waals surface area contributed by atoms with Crippen molar-refractivity contribution < 1.29 is 14.3 Å². The molecule has 1 amide bonds. The summed E-state index contributed by atoms with van der Waals surface area (Å²) in [6.07, 6.45) is 8.31. The highest BCUT2D eigenvalue weighted by molar-refractivity contribution is 5.97. The zero-order chi connectivity index (χ0) is 25.9. The molecule has 9 nitrogen and oxygen atoms in total. The minimum absolute atomic E-state index is 0.00809. The lowest BCUT2D eigenvalue weighted by molar-refractivity contribution is 0.0698. The fraction of sp³-hybridized carbons (Fsp3) is 0.552. The third-order valence-corrected chi connectivity index (χ3v) is 7.99. The SMILES string of the molecule is Cc1cc(-c2cnn3c(NCC4CCOCC4)cc(NCC4CCOCC4)nc23)ccc1C(=O)NC1CC1. The molecule has 0 atom stereocenters. The fourth-order valence-corrected chi connectivity index (χ4v) is 5.36. The molecule has 9 heteroatoms. The molecule has 1 aliphatic carbocycles. The van der Waals surface area contributed by atoms with E-state index in [-0.39, 0.29) is 5.91 Å². The molecule has 3 aliphatic rings. The van der Waals surface area contributed by atoms with Gasteiger partial charge in [0, 0.05) is 62.8 Å². The molecule has 2 saturated heterocycles. The number of fused-ring (bicyclic) bond motifs is 1. The number of anilines is 2. The van der Waals surface area contributed by atoms with Crippen LogP contribution in [-0.4, -0.2) is 66.1 Å². The third kappa shape index (κ3) is 5.78. The number of benzene rings is 1. The van der Waals surface area contributed by atoms with Gasteiger partial charge in [-0.15, -0.1) is 0 Å². The molecular weight excluding hydrogens is 480 g/mol. The topological polar surface area (TPSA) is 102 Å². The van der Waals surface area contributed by atoms with Crippen LogP contribution in [0, 0.1) is 18.8 Å². The van der Waals surface area contributed by atoms with Gasteiger partial charge in [-0.1, -0.05) is 12.1 Å². The highest BCUT2D eigenvalue weighted by atomic mass is 16.5. The summed E-state index contributed by atoms with van der Waals surface area (Å²) >= 11 is 0. The number of hydrogen-bond donors (Lipinski definition) is 3. The molecule has 4 heterocycles. The maximum Gasteiger partial charge on any atom is 0.251 e. The Hall–Kier alpha value is -3.17. The Morgan fingerprint density at radius 1 is 0.947 bits per heavy atom. The number of carbonyl (C=O) groups is 1. The van der Waals surface area contributed by atoms with Crippen molar-refractivity contribution >= 4 is 23.2 Å². The summed E-state index contributed by atoms with van der Waals surface area (Å²) in [5.74, 6) is 2.95. The monoisotopic (exact) mass is 518 g/mol. The van der Waals surface area contributed by atoms with Crippen molar-refractivity contribution in [2.75, 3.05) is 50.2 Å². The number of aromatic nitrogens is 3. The Morgan fingerprint density at radius 3 is 2.29 bits per heavy atom. The van der Waals surface area contributed by atoms with Gasteiger partial charge in [-0.2, -0.15) is 9.61 Å². The lowest BCUT2D eigenvalue weighted by Gasteiger charge is -2.24. The quantitative estimate of drug-likeness (QED) is 0.389. The van der Waals surface area contributed by atoms with Gasteiger partial charge in [0.15, 0.2) is 5.65 Å². The molecule has 0 radical (unpaired) electrons. The lowest BCUT2D eigenvalue weighted by atomic mass is 10.0. The van der Waals surface area contributed by atoms with E-state index in [0.29, 0.717) is 17.9 Å². The van der Waals surface area contributed by atoms with Crippen LogP contribution in [-0.2, 0) is 9.47 Å². The Balaban J connectivity index is 1.28. The highest BCUT2D eigenvalue weighted by Gasteiger charge is 2.25. The Bertz CT molecular complexity index is 1270. The predicted molar refractivity (Wildman–Crippen MR) is 148 cm³/mol. The number of carbonyl (C=O) groups excluding carboxylic acids is 1. The van der Waals surface area contributed by atoms with Crippen LogP contribution in [0.25, 0.3) is 16.8 Å². The van der Waals surface area contributed by atoms with E-state index in [2.05, 4.69) is 28.1 Å². The van der Waals surface area contributed by atoms with Gasteiger partial charge in [-0.05, 0) is 74.5 Å². The van der Waals surface area contributed by atoms with Crippen molar-refractivity contribution in [1.82, 2.24) is 19.9 Å². The standard InChI is InChI=1S/C29H38N6O3/c1-19-14-22(2-5-24(19)29(36)33-23-3-4-23)25-18-32-35-27(31-17-21-8-12-38-13-9-21)15-26(34-28(25)35)30-16-20-6-10-37-11-7-20/h2,5,14-15,18,20-21,23,31H,3-4,6-13,16-17H2,1H3,(H,30,34)(H,33,36). The maximum absolute atomic E-state index is 12.6. The number of rotatable bonds is 9. The summed E-state index contributed by atoms with van der Waals surface area (Å²) in [5, 5.41) is 15.1. The molecule has 0 unspecified atom stereocenters. The van der Waals surface area contributed by atoms with Gasteiger partial charge in [-0.3, -0.25) is 4.79 Å². The van der Waals surface area contributed by atoms with Crippen LogP contribution < -0.4 is 16.0 Å². The second-order valence-corrected chi connectivity index (χ2v) is 11.0. The summed E-state index contributed by atoms with van der Waals surface area (Å²) in [6.45, 7) is 7.06. The molecule has 202 valence electrons. The molecule has 0 spiro atoms. The first-order valence-electron chi connectivity index (χ1n) is 14.1. The van der Waals surface area contributed by atoms with Crippen molar-refractivity contribution in [2.45, 2.75) is 51.5 Å². The molecule has 3 fully saturated rings. The van der Waals surface area contributed by atoms with Crippen LogP contribution in [0.5, 0.6) is 0 Å². The second-order valence-electron chi connectivity index (χ2n) is 11.0. The van der Waals surface area contributed by atoms with Crippen molar-refractivity contribution in [2.24, 2.45) is 11.8 Å². The minimum Gasteiger partial charge on any atom is -0.381 e. The zero-order valence-corrected chi connectivity index (χ0v) is 22.2. The van der Waals surface area contributed by atoms with Crippen molar-refractivity contribution in [3.8, 4) is 11.1 Å². The number of aryl methyl sites for hydroxylation is 1. The van der Waals surface area contributed by atoms with E-state index in [1.807, 2.05) is 29.8 Å². The molecule has 3 aromatic rings. The third-order valence-electron chi connectivity index (χ3n) is 7.99. The lowest BCUT2D eigenvalue weighted by Crippen LogP contribution is -2.26. The van der Waals surface area contributed by atoms with Crippen molar-refractivity contribution in [3.63, 3.8) is 0 Å². The zero-order valence-electron chi connectivity index (χ0n) is 22.2. The molecule has 38 heavy (non-hydrogen) atoms. The first kappa shape index (κ1) is 25.1. The molecule has 1 saturated carbocycles. The van der Waals surface area contributed by atoms with E-state index >= 15 is 0 Å². The van der Waals surface area contributed by atoms with E-state index in [1.165, 1.54) is 0 Å². The maximum atomic E-state index is 12.6. The molecule has 0 bridgehead atoms. The van der Waals surface area contributed by atoms with E-state index in [1.54, 1.807) is 0 Å². The van der Waals surface area contributed by atoms with Gasteiger partial charge in [0.25, 0.3) is 5.91 Å². The summed E-state index contributed by atoms with van der Waals surface area (Å²) < 4.78 is 13.0. The second kappa shape index (κ2) is 11.3. The van der Waals surface area contributed by atoms with E-state index in [0.717, 1.165) is 118 Å². The van der Waals surface area contributed by atoms with Crippen LogP contribution >= 0.6 is 0 Å². The minimum atomic E-state index is 0.00809. The summed E-state index contributed by atoms with van der Waals surface area (Å²) in [5.41, 5.74) is 4.43. The van der Waals surface area contributed by atoms with Crippen LogP contribution in [0.1, 0.15) is 54.4 Å². The number of amides is 1. The first-order valence-corrected chi connectivity index (χ1v) is 14.1. The number of nitrogens with one attached hydrogen (secondary N) is 3. The van der Waals surface area contributed by atoms with E-state index < -0.39 is 0 Å². The first-order chi connectivity index (χ1) is 18.6. The molecule has 2 aliphatic heterocycles. The summed E-state index contributed by atoms with van der Waals surface area (Å²) in [6, 6.07) is 8.40. The smallest absolute Gasteiger partial charge is 0.251 e. The van der Waals surface area contributed by atoms with Crippen LogP contribution in [0.4, 0.5) is 11.6 Å². The van der Waals surface area contributed by atoms with Gasteiger partial charge >= 0.3 is 0 Å². The number of hydrogen-bond acceptors (Lipinski definition) is 7. The average Bonchev–Trinajstić information content (AvgIpc) is 3.66. The highest BCUT2D eigenvalue weighted by Crippen LogP contribution is 2.30.